The minimum absolute atomic E-state index is 0.00311. The fraction of sp³-hybridized carbons (Fsp3) is 0.417. The molecule has 7 nitrogen and oxygen atoms in total. The molecular formula is C12H15FN2O5. The van der Waals surface area contributed by atoms with Crippen molar-refractivity contribution in [1.29, 1.82) is 0 Å². The summed E-state index contributed by atoms with van der Waals surface area (Å²) in [6.07, 6.45) is 0. The van der Waals surface area contributed by atoms with Crippen LogP contribution < -0.4 is 5.32 Å². The molecule has 1 amide bonds. The van der Waals surface area contributed by atoms with Gasteiger partial charge in [0.2, 0.25) is 0 Å². The van der Waals surface area contributed by atoms with Crippen LogP contribution in [0.25, 0.3) is 0 Å². The molecule has 0 fully saturated rings. The number of aliphatic hydroxyl groups is 1. The topological polar surface area (TPSA) is 102 Å². The highest BCUT2D eigenvalue weighted by Gasteiger charge is 2.21. The van der Waals surface area contributed by atoms with Crippen LogP contribution in [0.5, 0.6) is 0 Å². The van der Waals surface area contributed by atoms with E-state index in [-0.39, 0.29) is 17.9 Å². The Labute approximate surface area is 114 Å². The second-order valence-corrected chi connectivity index (χ2v) is 4.19. The van der Waals surface area contributed by atoms with E-state index in [1.165, 1.54) is 14.0 Å². The van der Waals surface area contributed by atoms with Crippen LogP contribution in [0.1, 0.15) is 15.9 Å². The molecule has 1 aromatic rings. The predicted molar refractivity (Wildman–Crippen MR) is 68.0 cm³/mol. The Hall–Kier alpha value is -2.06. The number of carbonyl (C=O) groups excluding carboxylic acids is 1. The minimum Gasteiger partial charge on any atom is -0.394 e. The van der Waals surface area contributed by atoms with E-state index in [1.807, 2.05) is 0 Å². The maximum atomic E-state index is 13.9. The lowest BCUT2D eigenvalue weighted by Crippen LogP contribution is -2.41. The first-order chi connectivity index (χ1) is 9.40. The number of nitrogens with one attached hydrogen (secondary N) is 1. The summed E-state index contributed by atoms with van der Waals surface area (Å²) in [7, 11) is 1.38. The Morgan fingerprint density at radius 3 is 2.75 bits per heavy atom. The van der Waals surface area contributed by atoms with Crippen LogP contribution in [0, 0.1) is 22.9 Å². The largest absolute Gasteiger partial charge is 0.394 e. The molecule has 1 atom stereocenters. The van der Waals surface area contributed by atoms with E-state index >= 15 is 0 Å². The van der Waals surface area contributed by atoms with E-state index in [2.05, 4.69) is 5.32 Å². The number of hydrogen-bond acceptors (Lipinski definition) is 5. The summed E-state index contributed by atoms with van der Waals surface area (Å²) in [5.41, 5.74) is -0.816. The van der Waals surface area contributed by atoms with Gasteiger partial charge < -0.3 is 15.2 Å². The molecule has 0 bridgehead atoms. The van der Waals surface area contributed by atoms with Gasteiger partial charge in [0.15, 0.2) is 0 Å². The lowest BCUT2D eigenvalue weighted by molar-refractivity contribution is -0.385. The van der Waals surface area contributed by atoms with E-state index < -0.39 is 34.9 Å². The third-order valence-corrected chi connectivity index (χ3v) is 2.62. The molecule has 110 valence electrons. The Kier molecular flexibility index (Phi) is 5.53. The van der Waals surface area contributed by atoms with Crippen molar-refractivity contribution >= 4 is 11.6 Å². The number of aliphatic hydroxyl groups excluding tert-OH is 1. The number of nitro benzene ring substituents is 1. The zero-order valence-electron chi connectivity index (χ0n) is 11.1. The van der Waals surface area contributed by atoms with Crippen LogP contribution in [0.4, 0.5) is 10.1 Å². The van der Waals surface area contributed by atoms with Crippen molar-refractivity contribution in [2.45, 2.75) is 13.0 Å². The maximum Gasteiger partial charge on any atom is 0.270 e. The zero-order valence-corrected chi connectivity index (χ0v) is 11.1. The van der Waals surface area contributed by atoms with Crippen molar-refractivity contribution in [3.8, 4) is 0 Å². The smallest absolute Gasteiger partial charge is 0.270 e. The number of methoxy groups -OCH3 is 1. The first-order valence-corrected chi connectivity index (χ1v) is 5.75. The molecule has 1 unspecified atom stereocenters. The minimum atomic E-state index is -0.842. The van der Waals surface area contributed by atoms with Crippen LogP contribution in [0.15, 0.2) is 12.1 Å². The van der Waals surface area contributed by atoms with Crippen molar-refractivity contribution in [2.75, 3.05) is 20.3 Å². The lowest BCUT2D eigenvalue weighted by atomic mass is 10.1. The molecule has 1 aromatic carbocycles. The third-order valence-electron chi connectivity index (χ3n) is 2.62. The van der Waals surface area contributed by atoms with Crippen LogP contribution in [0.2, 0.25) is 0 Å². The third kappa shape index (κ3) is 3.72. The molecule has 0 saturated heterocycles. The van der Waals surface area contributed by atoms with Gasteiger partial charge in [-0.05, 0) is 12.5 Å². The molecule has 0 saturated carbocycles. The lowest BCUT2D eigenvalue weighted by Gasteiger charge is -2.15. The SMILES string of the molecule is COCC(CO)NC(=O)c1cc([N+](=O)[O-])cc(C)c1F. The van der Waals surface area contributed by atoms with Gasteiger partial charge in [-0.1, -0.05) is 0 Å². The number of nitrogens with zero attached hydrogens (tertiary/aromatic N) is 1. The van der Waals surface area contributed by atoms with Gasteiger partial charge >= 0.3 is 0 Å². The van der Waals surface area contributed by atoms with Crippen molar-refractivity contribution < 1.29 is 24.0 Å². The van der Waals surface area contributed by atoms with Crippen molar-refractivity contribution in [2.24, 2.45) is 0 Å². The number of hydrogen-bond donors (Lipinski definition) is 2. The van der Waals surface area contributed by atoms with Crippen LogP contribution in [-0.2, 0) is 4.74 Å². The number of non-ortho nitro benzene ring substituents is 1. The van der Waals surface area contributed by atoms with Gasteiger partial charge in [0, 0.05) is 19.2 Å². The average molecular weight is 286 g/mol. The average Bonchev–Trinajstić information content (AvgIpc) is 2.40. The van der Waals surface area contributed by atoms with Crippen molar-refractivity contribution in [3.05, 3.63) is 39.2 Å². The fourth-order valence-corrected chi connectivity index (χ4v) is 1.63. The predicted octanol–water partition coefficient (Wildman–Crippen LogP) is 0.779. The van der Waals surface area contributed by atoms with Crippen LogP contribution in [0.3, 0.4) is 0 Å². The van der Waals surface area contributed by atoms with Gasteiger partial charge in [0.1, 0.15) is 5.82 Å². The van der Waals surface area contributed by atoms with Gasteiger partial charge in [0.25, 0.3) is 11.6 Å². The number of amides is 1. The van der Waals surface area contributed by atoms with E-state index in [9.17, 15) is 19.3 Å². The quantitative estimate of drug-likeness (QED) is 0.594. The monoisotopic (exact) mass is 286 g/mol. The highest BCUT2D eigenvalue weighted by atomic mass is 19.1. The highest BCUT2D eigenvalue weighted by molar-refractivity contribution is 5.95. The summed E-state index contributed by atoms with van der Waals surface area (Å²) in [5.74, 6) is -1.67. The summed E-state index contributed by atoms with van der Waals surface area (Å²) in [6.45, 7) is 0.977. The second-order valence-electron chi connectivity index (χ2n) is 4.19. The molecule has 0 spiro atoms. The van der Waals surface area contributed by atoms with Crippen LogP contribution >= 0.6 is 0 Å². The summed E-state index contributed by atoms with van der Waals surface area (Å²) >= 11 is 0. The number of carbonyl (C=O) groups is 1. The van der Waals surface area contributed by atoms with Crippen LogP contribution in [-0.4, -0.2) is 42.3 Å². The summed E-state index contributed by atoms with van der Waals surface area (Å²) < 4.78 is 18.6. The van der Waals surface area contributed by atoms with Crippen molar-refractivity contribution in [1.82, 2.24) is 5.32 Å². The Morgan fingerprint density at radius 2 is 2.25 bits per heavy atom. The molecule has 0 radical (unpaired) electrons. The highest BCUT2D eigenvalue weighted by Crippen LogP contribution is 2.21. The fourth-order valence-electron chi connectivity index (χ4n) is 1.63. The van der Waals surface area contributed by atoms with E-state index in [0.717, 1.165) is 12.1 Å². The van der Waals surface area contributed by atoms with E-state index in [1.54, 1.807) is 0 Å². The van der Waals surface area contributed by atoms with E-state index in [4.69, 9.17) is 9.84 Å². The first kappa shape index (κ1) is 16.0. The summed E-state index contributed by atoms with van der Waals surface area (Å²) in [5, 5.41) is 22.1. The Bertz CT molecular complexity index is 521. The molecule has 0 heterocycles. The molecule has 20 heavy (non-hydrogen) atoms. The number of ether oxygens (including phenoxy) is 1. The molecule has 0 aliphatic heterocycles. The number of halogens is 1. The molecule has 0 aliphatic rings. The van der Waals surface area contributed by atoms with E-state index in [0.29, 0.717) is 0 Å². The number of nitro groups is 1. The molecule has 1 rings (SSSR count). The number of aryl methyl sites for hydroxylation is 1. The molecule has 0 aliphatic carbocycles. The summed E-state index contributed by atoms with van der Waals surface area (Å²) in [4.78, 5) is 21.9. The number of rotatable bonds is 6. The first-order valence-electron chi connectivity index (χ1n) is 5.75. The molecular weight excluding hydrogens is 271 g/mol. The van der Waals surface area contributed by atoms with Gasteiger partial charge in [-0.15, -0.1) is 0 Å². The Morgan fingerprint density at radius 1 is 1.60 bits per heavy atom. The standard InChI is InChI=1S/C12H15FN2O5/c1-7-3-9(15(18)19)4-10(11(7)13)12(17)14-8(5-16)6-20-2/h3-4,8,16H,5-6H2,1-2H3,(H,14,17). The van der Waals surface area contributed by atoms with Gasteiger partial charge in [-0.2, -0.15) is 0 Å². The van der Waals surface area contributed by atoms with Crippen molar-refractivity contribution in [3.63, 3.8) is 0 Å². The normalized spacial score (nSPS) is 12.0. The molecule has 8 heteroatoms. The second kappa shape index (κ2) is 6.92. The van der Waals surface area contributed by atoms with Gasteiger partial charge in [-0.25, -0.2) is 4.39 Å². The molecule has 0 aromatic heterocycles. The van der Waals surface area contributed by atoms with Gasteiger partial charge in [0.05, 0.1) is 29.7 Å². The maximum absolute atomic E-state index is 13.9. The van der Waals surface area contributed by atoms with Gasteiger partial charge in [-0.3, -0.25) is 14.9 Å². The Balaban J connectivity index is 3.05. The zero-order chi connectivity index (χ0) is 15.3. The molecule has 2 N–H and O–H groups in total. The number of benzene rings is 1. The summed E-state index contributed by atoms with van der Waals surface area (Å²) in [6, 6.07) is 1.19.